The van der Waals surface area contributed by atoms with Crippen molar-refractivity contribution in [1.29, 1.82) is 0 Å². The lowest BCUT2D eigenvalue weighted by atomic mass is 10.0. The minimum atomic E-state index is -2.92. The van der Waals surface area contributed by atoms with Gasteiger partial charge in [-0.2, -0.15) is 0 Å². The Balaban J connectivity index is 1.68. The molecular weight excluding hydrogens is 248 g/mol. The normalized spacial score (nSPS) is 37.3. The maximum Gasteiger partial charge on any atom is 0.173 e. The molecule has 4 nitrogen and oxygen atoms in total. The van der Waals surface area contributed by atoms with Crippen molar-refractivity contribution < 1.29 is 8.42 Å². The van der Waals surface area contributed by atoms with Crippen LogP contribution in [-0.2, 0) is 9.84 Å². The van der Waals surface area contributed by atoms with Crippen molar-refractivity contribution in [3.8, 4) is 0 Å². The Hall–Kier alpha value is -0.390. The lowest BCUT2D eigenvalue weighted by Gasteiger charge is -2.36. The van der Waals surface area contributed by atoms with E-state index < -0.39 is 9.84 Å². The molecular formula is C13H22N2O2S. The van der Waals surface area contributed by atoms with E-state index in [2.05, 4.69) is 9.80 Å². The lowest BCUT2D eigenvalue weighted by molar-refractivity contribution is 0.131. The molecule has 3 aliphatic rings. The standard InChI is InChI=1S/C13H22N2O2S/c16-18(17)9-5-13(11-18)15-8-3-7-14-6-2-1-4-12(14)10-15/h5,9,12-13H,1-4,6-8,10-11H2. The van der Waals surface area contributed by atoms with Crippen LogP contribution < -0.4 is 0 Å². The highest BCUT2D eigenvalue weighted by molar-refractivity contribution is 7.94. The summed E-state index contributed by atoms with van der Waals surface area (Å²) in [7, 11) is -2.92. The van der Waals surface area contributed by atoms with Gasteiger partial charge in [0.05, 0.1) is 5.75 Å². The minimum absolute atomic E-state index is 0.122. The fraction of sp³-hybridized carbons (Fsp3) is 0.846. The van der Waals surface area contributed by atoms with E-state index in [1.807, 2.05) is 6.08 Å². The molecule has 0 N–H and O–H groups in total. The summed E-state index contributed by atoms with van der Waals surface area (Å²) in [5.74, 6) is 0.291. The molecule has 0 spiro atoms. The zero-order valence-corrected chi connectivity index (χ0v) is 11.6. The monoisotopic (exact) mass is 270 g/mol. The first-order chi connectivity index (χ1) is 8.64. The van der Waals surface area contributed by atoms with Crippen molar-refractivity contribution in [2.24, 2.45) is 0 Å². The smallest absolute Gasteiger partial charge is 0.173 e. The second-order valence-corrected chi connectivity index (χ2v) is 7.69. The number of nitrogens with zero attached hydrogens (tertiary/aromatic N) is 2. The number of hydrogen-bond acceptors (Lipinski definition) is 4. The van der Waals surface area contributed by atoms with Crippen LogP contribution in [-0.4, -0.2) is 62.2 Å². The van der Waals surface area contributed by atoms with Gasteiger partial charge in [-0.3, -0.25) is 9.80 Å². The molecule has 0 aromatic rings. The van der Waals surface area contributed by atoms with Crippen LogP contribution in [0.5, 0.6) is 0 Å². The van der Waals surface area contributed by atoms with Gasteiger partial charge in [0.2, 0.25) is 0 Å². The van der Waals surface area contributed by atoms with Gasteiger partial charge in [-0.25, -0.2) is 8.42 Å². The van der Waals surface area contributed by atoms with Gasteiger partial charge in [0, 0.05) is 30.6 Å². The molecule has 0 aromatic carbocycles. The second-order valence-electron chi connectivity index (χ2n) is 5.76. The third-order valence-corrected chi connectivity index (χ3v) is 5.84. The van der Waals surface area contributed by atoms with E-state index in [0.29, 0.717) is 11.8 Å². The number of piperidine rings is 1. The first-order valence-corrected chi connectivity index (χ1v) is 8.75. The third-order valence-electron chi connectivity index (χ3n) is 4.47. The van der Waals surface area contributed by atoms with Crippen LogP contribution in [0.1, 0.15) is 25.7 Å². The van der Waals surface area contributed by atoms with Crippen molar-refractivity contribution in [3.05, 3.63) is 11.5 Å². The molecule has 3 aliphatic heterocycles. The van der Waals surface area contributed by atoms with Gasteiger partial charge >= 0.3 is 0 Å². The summed E-state index contributed by atoms with van der Waals surface area (Å²) in [5, 5.41) is 1.40. The van der Waals surface area contributed by atoms with Crippen molar-refractivity contribution in [2.75, 3.05) is 31.9 Å². The van der Waals surface area contributed by atoms with Gasteiger partial charge in [-0.15, -0.1) is 0 Å². The first kappa shape index (κ1) is 12.6. The average Bonchev–Trinajstić information content (AvgIpc) is 2.60. The Morgan fingerprint density at radius 1 is 1.00 bits per heavy atom. The Kier molecular flexibility index (Phi) is 3.47. The lowest BCUT2D eigenvalue weighted by Crippen LogP contribution is -2.46. The SMILES string of the molecule is O=S1(=O)C=CC(N2CCCN3CCCCC3C2)C1. The molecule has 0 saturated carbocycles. The van der Waals surface area contributed by atoms with Gasteiger partial charge in [0.25, 0.3) is 0 Å². The fourth-order valence-corrected chi connectivity index (χ4v) is 4.82. The first-order valence-electron chi connectivity index (χ1n) is 7.03. The van der Waals surface area contributed by atoms with E-state index in [1.165, 1.54) is 44.2 Å². The van der Waals surface area contributed by atoms with Crippen molar-refractivity contribution >= 4 is 9.84 Å². The van der Waals surface area contributed by atoms with Crippen LogP contribution in [0.3, 0.4) is 0 Å². The van der Waals surface area contributed by atoms with E-state index in [1.54, 1.807) is 0 Å². The third kappa shape index (κ3) is 2.63. The van der Waals surface area contributed by atoms with Crippen molar-refractivity contribution in [3.63, 3.8) is 0 Å². The Morgan fingerprint density at radius 2 is 1.78 bits per heavy atom. The van der Waals surface area contributed by atoms with E-state index in [-0.39, 0.29) is 6.04 Å². The van der Waals surface area contributed by atoms with Crippen LogP contribution in [0.15, 0.2) is 11.5 Å². The number of hydrogen-bond donors (Lipinski definition) is 0. The molecule has 0 amide bonds. The predicted octanol–water partition coefficient (Wildman–Crippen LogP) is 0.857. The van der Waals surface area contributed by atoms with E-state index >= 15 is 0 Å². The Morgan fingerprint density at radius 3 is 2.56 bits per heavy atom. The summed E-state index contributed by atoms with van der Waals surface area (Å²) in [6.45, 7) is 4.50. The van der Waals surface area contributed by atoms with Crippen LogP contribution in [0.25, 0.3) is 0 Å². The van der Waals surface area contributed by atoms with Crippen LogP contribution in [0, 0.1) is 0 Å². The van der Waals surface area contributed by atoms with Gasteiger partial charge in [-0.1, -0.05) is 12.5 Å². The Labute approximate surface area is 110 Å². The maximum atomic E-state index is 11.5. The molecule has 3 heterocycles. The highest BCUT2D eigenvalue weighted by atomic mass is 32.2. The minimum Gasteiger partial charge on any atom is -0.299 e. The molecule has 18 heavy (non-hydrogen) atoms. The average molecular weight is 270 g/mol. The van der Waals surface area contributed by atoms with Crippen molar-refractivity contribution in [2.45, 2.75) is 37.8 Å². The van der Waals surface area contributed by atoms with Crippen LogP contribution >= 0.6 is 0 Å². The highest BCUT2D eigenvalue weighted by Gasteiger charge is 2.32. The van der Waals surface area contributed by atoms with Crippen LogP contribution in [0.2, 0.25) is 0 Å². The summed E-state index contributed by atoms with van der Waals surface area (Å²) in [5.41, 5.74) is 0. The fourth-order valence-electron chi connectivity index (χ4n) is 3.49. The molecule has 2 unspecified atom stereocenters. The van der Waals surface area contributed by atoms with Gasteiger partial charge in [0.1, 0.15) is 0 Å². The summed E-state index contributed by atoms with van der Waals surface area (Å²) in [4.78, 5) is 4.99. The van der Waals surface area contributed by atoms with Gasteiger partial charge in [-0.05, 0) is 32.4 Å². The predicted molar refractivity (Wildman–Crippen MR) is 72.1 cm³/mol. The number of fused-ring (bicyclic) bond motifs is 1. The molecule has 5 heteroatoms. The number of sulfone groups is 1. The molecule has 0 aromatic heterocycles. The summed E-state index contributed by atoms with van der Waals surface area (Å²) >= 11 is 0. The molecule has 3 rings (SSSR count). The van der Waals surface area contributed by atoms with Gasteiger partial charge in [0.15, 0.2) is 9.84 Å². The molecule has 2 fully saturated rings. The van der Waals surface area contributed by atoms with Crippen LogP contribution in [0.4, 0.5) is 0 Å². The van der Waals surface area contributed by atoms with Crippen molar-refractivity contribution in [1.82, 2.24) is 9.80 Å². The quantitative estimate of drug-likeness (QED) is 0.708. The molecule has 0 radical (unpaired) electrons. The molecule has 2 saturated heterocycles. The maximum absolute atomic E-state index is 11.5. The molecule has 102 valence electrons. The summed E-state index contributed by atoms with van der Waals surface area (Å²) in [6.07, 6.45) is 6.98. The van der Waals surface area contributed by atoms with Gasteiger partial charge < -0.3 is 0 Å². The molecule has 0 aliphatic carbocycles. The second kappa shape index (κ2) is 4.94. The summed E-state index contributed by atoms with van der Waals surface area (Å²) < 4.78 is 23.1. The zero-order chi connectivity index (χ0) is 12.6. The largest absolute Gasteiger partial charge is 0.299 e. The number of rotatable bonds is 1. The zero-order valence-electron chi connectivity index (χ0n) is 10.8. The topological polar surface area (TPSA) is 40.6 Å². The summed E-state index contributed by atoms with van der Waals surface area (Å²) in [6, 6.07) is 0.773. The Bertz CT molecular complexity index is 432. The molecule has 2 atom stereocenters. The highest BCUT2D eigenvalue weighted by Crippen LogP contribution is 2.24. The van der Waals surface area contributed by atoms with E-state index in [4.69, 9.17) is 0 Å². The van der Waals surface area contributed by atoms with E-state index in [0.717, 1.165) is 13.1 Å². The van der Waals surface area contributed by atoms with E-state index in [9.17, 15) is 8.42 Å². The molecule has 0 bridgehead atoms.